The van der Waals surface area contributed by atoms with Crippen molar-refractivity contribution in [2.24, 2.45) is 0 Å². The minimum atomic E-state index is -0.0899. The molecule has 0 atom stereocenters. The van der Waals surface area contributed by atoms with E-state index >= 15 is 0 Å². The molecule has 0 unspecified atom stereocenters. The van der Waals surface area contributed by atoms with Crippen LogP contribution in [0.2, 0.25) is 0 Å². The molecule has 0 saturated carbocycles. The number of unbranched alkanes of at least 4 members (excludes halogenated alkanes) is 7. The third-order valence-corrected chi connectivity index (χ3v) is 3.44. The first-order valence-electron chi connectivity index (χ1n) is 7.96. The van der Waals surface area contributed by atoms with Gasteiger partial charge in [-0.2, -0.15) is 0 Å². The monoisotopic (exact) mass is 286 g/mol. The molecule has 0 aliphatic heterocycles. The van der Waals surface area contributed by atoms with E-state index in [0.717, 1.165) is 31.2 Å². The molecule has 0 aliphatic carbocycles. The first kappa shape index (κ1) is 17.3. The average Bonchev–Trinajstić information content (AvgIpc) is 2.52. The van der Waals surface area contributed by atoms with Crippen LogP contribution in [0.4, 0.5) is 0 Å². The predicted octanol–water partition coefficient (Wildman–Crippen LogP) is 4.87. The maximum atomic E-state index is 11.6. The highest BCUT2D eigenvalue weighted by atomic mass is 16.5. The zero-order valence-electron chi connectivity index (χ0n) is 12.9. The van der Waals surface area contributed by atoms with Gasteiger partial charge < -0.3 is 4.74 Å². The number of rotatable bonds is 11. The molecule has 0 amide bonds. The van der Waals surface area contributed by atoms with E-state index < -0.39 is 0 Å². The Kier molecular flexibility index (Phi) is 9.91. The van der Waals surface area contributed by atoms with Gasteiger partial charge in [0, 0.05) is 12.8 Å². The minimum Gasteiger partial charge on any atom is -0.461 e. The lowest BCUT2D eigenvalue weighted by atomic mass is 10.1. The lowest BCUT2D eigenvalue weighted by molar-refractivity contribution is -0.145. The van der Waals surface area contributed by atoms with Gasteiger partial charge in [-0.15, -0.1) is 12.3 Å². The molecule has 0 aromatic heterocycles. The van der Waals surface area contributed by atoms with Crippen LogP contribution in [0.1, 0.15) is 63.4 Å². The Balaban J connectivity index is 1.91. The summed E-state index contributed by atoms with van der Waals surface area (Å²) in [6.45, 7) is 0.384. The van der Waals surface area contributed by atoms with E-state index in [-0.39, 0.29) is 5.97 Å². The highest BCUT2D eigenvalue weighted by Gasteiger charge is 2.03. The molecule has 2 heteroatoms. The van der Waals surface area contributed by atoms with Crippen molar-refractivity contribution >= 4 is 5.97 Å². The van der Waals surface area contributed by atoms with Gasteiger partial charge in [0.1, 0.15) is 6.61 Å². The molecule has 0 aliphatic rings. The number of benzene rings is 1. The zero-order chi connectivity index (χ0) is 15.2. The van der Waals surface area contributed by atoms with Gasteiger partial charge in [-0.25, -0.2) is 0 Å². The Hall–Kier alpha value is -1.75. The van der Waals surface area contributed by atoms with Crippen LogP contribution in [0, 0.1) is 12.3 Å². The molecule has 0 bridgehead atoms. The lowest BCUT2D eigenvalue weighted by Crippen LogP contribution is -2.04. The molecule has 0 spiro atoms. The molecular formula is C19H26O2. The third kappa shape index (κ3) is 9.73. The third-order valence-electron chi connectivity index (χ3n) is 3.44. The number of carbonyl (C=O) groups excluding carboxylic acids is 1. The maximum Gasteiger partial charge on any atom is 0.306 e. The molecule has 0 saturated heterocycles. The maximum absolute atomic E-state index is 11.6. The molecule has 0 fully saturated rings. The van der Waals surface area contributed by atoms with Crippen molar-refractivity contribution in [3.63, 3.8) is 0 Å². The van der Waals surface area contributed by atoms with Crippen LogP contribution in [0.3, 0.4) is 0 Å². The average molecular weight is 286 g/mol. The number of hydrogen-bond donors (Lipinski definition) is 0. The van der Waals surface area contributed by atoms with Crippen molar-refractivity contribution in [3.8, 4) is 12.3 Å². The van der Waals surface area contributed by atoms with Gasteiger partial charge in [-0.3, -0.25) is 4.79 Å². The Bertz CT molecular complexity index is 417. The van der Waals surface area contributed by atoms with Gasteiger partial charge in [0.05, 0.1) is 0 Å². The Morgan fingerprint density at radius 2 is 1.57 bits per heavy atom. The summed E-state index contributed by atoms with van der Waals surface area (Å²) in [7, 11) is 0. The van der Waals surface area contributed by atoms with Gasteiger partial charge in [-0.05, 0) is 18.4 Å². The van der Waals surface area contributed by atoms with Gasteiger partial charge in [0.25, 0.3) is 0 Å². The predicted molar refractivity (Wildman–Crippen MR) is 86.6 cm³/mol. The fourth-order valence-electron chi connectivity index (χ4n) is 2.19. The molecule has 0 radical (unpaired) electrons. The van der Waals surface area contributed by atoms with E-state index in [1.54, 1.807) is 0 Å². The van der Waals surface area contributed by atoms with Crippen molar-refractivity contribution in [1.29, 1.82) is 0 Å². The van der Waals surface area contributed by atoms with Crippen LogP contribution in [-0.2, 0) is 16.1 Å². The lowest BCUT2D eigenvalue weighted by Gasteiger charge is -2.05. The van der Waals surface area contributed by atoms with Crippen molar-refractivity contribution in [2.75, 3.05) is 0 Å². The zero-order valence-corrected chi connectivity index (χ0v) is 12.9. The van der Waals surface area contributed by atoms with Crippen LogP contribution in [-0.4, -0.2) is 5.97 Å². The van der Waals surface area contributed by atoms with Crippen molar-refractivity contribution in [2.45, 2.75) is 64.4 Å². The number of terminal acetylenes is 1. The standard InChI is InChI=1S/C19H26O2/c1-2-3-4-5-6-7-8-9-13-16-19(20)21-17-18-14-11-10-12-15-18/h1,10-12,14-15H,3-9,13,16-17H2. The summed E-state index contributed by atoms with van der Waals surface area (Å²) in [6.07, 6.45) is 14.7. The summed E-state index contributed by atoms with van der Waals surface area (Å²) >= 11 is 0. The molecule has 2 nitrogen and oxygen atoms in total. The van der Waals surface area contributed by atoms with Gasteiger partial charge in [0.15, 0.2) is 0 Å². The van der Waals surface area contributed by atoms with E-state index in [9.17, 15) is 4.79 Å². The minimum absolute atomic E-state index is 0.0899. The van der Waals surface area contributed by atoms with Crippen LogP contribution < -0.4 is 0 Å². The Morgan fingerprint density at radius 1 is 0.952 bits per heavy atom. The van der Waals surface area contributed by atoms with Crippen molar-refractivity contribution < 1.29 is 9.53 Å². The highest BCUT2D eigenvalue weighted by molar-refractivity contribution is 5.69. The molecular weight excluding hydrogens is 260 g/mol. The Morgan fingerprint density at radius 3 is 2.24 bits per heavy atom. The molecule has 1 aromatic carbocycles. The highest BCUT2D eigenvalue weighted by Crippen LogP contribution is 2.10. The molecule has 0 heterocycles. The fraction of sp³-hybridized carbons (Fsp3) is 0.526. The van der Waals surface area contributed by atoms with Crippen molar-refractivity contribution in [1.82, 2.24) is 0 Å². The molecule has 1 rings (SSSR count). The molecule has 114 valence electrons. The number of ether oxygens (including phenoxy) is 1. The normalized spacial score (nSPS) is 10.0. The SMILES string of the molecule is C#CCCCCCCCCCC(=O)OCc1ccccc1. The largest absolute Gasteiger partial charge is 0.461 e. The number of esters is 1. The van der Waals surface area contributed by atoms with E-state index in [1.807, 2.05) is 30.3 Å². The first-order valence-corrected chi connectivity index (χ1v) is 7.96. The first-order chi connectivity index (χ1) is 10.3. The van der Waals surface area contributed by atoms with E-state index in [1.165, 1.54) is 25.7 Å². The summed E-state index contributed by atoms with van der Waals surface area (Å²) in [5, 5.41) is 0. The van der Waals surface area contributed by atoms with Gasteiger partial charge >= 0.3 is 5.97 Å². The van der Waals surface area contributed by atoms with Gasteiger partial charge in [0.2, 0.25) is 0 Å². The summed E-state index contributed by atoms with van der Waals surface area (Å²) in [5.74, 6) is 2.57. The summed E-state index contributed by atoms with van der Waals surface area (Å²) in [6, 6.07) is 9.79. The van der Waals surface area contributed by atoms with Crippen LogP contribution in [0.5, 0.6) is 0 Å². The van der Waals surface area contributed by atoms with E-state index in [4.69, 9.17) is 11.2 Å². The number of hydrogen-bond acceptors (Lipinski definition) is 2. The van der Waals surface area contributed by atoms with Gasteiger partial charge in [-0.1, -0.05) is 62.4 Å². The quantitative estimate of drug-likeness (QED) is 0.329. The molecule has 21 heavy (non-hydrogen) atoms. The topological polar surface area (TPSA) is 26.3 Å². The van der Waals surface area contributed by atoms with Crippen LogP contribution in [0.15, 0.2) is 30.3 Å². The van der Waals surface area contributed by atoms with E-state index in [2.05, 4.69) is 5.92 Å². The second-order valence-corrected chi connectivity index (χ2v) is 5.33. The summed E-state index contributed by atoms with van der Waals surface area (Å²) in [5.41, 5.74) is 1.04. The van der Waals surface area contributed by atoms with Crippen molar-refractivity contribution in [3.05, 3.63) is 35.9 Å². The Labute approximate surface area is 128 Å². The second kappa shape index (κ2) is 12.0. The summed E-state index contributed by atoms with van der Waals surface area (Å²) in [4.78, 5) is 11.6. The number of carbonyl (C=O) groups is 1. The van der Waals surface area contributed by atoms with E-state index in [0.29, 0.717) is 13.0 Å². The van der Waals surface area contributed by atoms with Crippen LogP contribution in [0.25, 0.3) is 0 Å². The fourth-order valence-corrected chi connectivity index (χ4v) is 2.19. The second-order valence-electron chi connectivity index (χ2n) is 5.33. The summed E-state index contributed by atoms with van der Waals surface area (Å²) < 4.78 is 5.24. The smallest absolute Gasteiger partial charge is 0.306 e. The molecule has 1 aromatic rings. The van der Waals surface area contributed by atoms with Crippen LogP contribution >= 0.6 is 0 Å². The molecule has 0 N–H and O–H groups in total.